The summed E-state index contributed by atoms with van der Waals surface area (Å²) < 4.78 is 4.99. The molecule has 2 heterocycles. The lowest BCUT2D eigenvalue weighted by Gasteiger charge is -2.06. The molecule has 8 nitrogen and oxygen atoms in total. The lowest BCUT2D eigenvalue weighted by molar-refractivity contribution is 0.398. The predicted octanol–water partition coefficient (Wildman–Crippen LogP) is -0.160. The quantitative estimate of drug-likeness (QED) is 0.659. The molecule has 0 aliphatic rings. The summed E-state index contributed by atoms with van der Waals surface area (Å²) in [5, 5.41) is 9.63. The Morgan fingerprint density at radius 3 is 3.06 bits per heavy atom. The number of methoxy groups -OCH3 is 1. The van der Waals surface area contributed by atoms with Crippen molar-refractivity contribution in [1.82, 2.24) is 25.1 Å². The summed E-state index contributed by atoms with van der Waals surface area (Å²) >= 11 is 0. The molecule has 0 spiro atoms. The van der Waals surface area contributed by atoms with E-state index in [1.807, 2.05) is 0 Å². The molecule has 0 fully saturated rings. The SMILES string of the molecule is COc1cc(NCCc2ncn[nH]2)nc(N)n1. The molecule has 0 aromatic carbocycles. The van der Waals surface area contributed by atoms with Crippen LogP contribution >= 0.6 is 0 Å². The van der Waals surface area contributed by atoms with Gasteiger partial charge in [-0.1, -0.05) is 0 Å². The van der Waals surface area contributed by atoms with Crippen molar-refractivity contribution in [3.63, 3.8) is 0 Å². The van der Waals surface area contributed by atoms with Crippen LogP contribution in [0.5, 0.6) is 5.88 Å². The third-order valence-corrected chi connectivity index (χ3v) is 2.06. The molecule has 0 saturated carbocycles. The monoisotopic (exact) mass is 235 g/mol. The van der Waals surface area contributed by atoms with Gasteiger partial charge in [0.15, 0.2) is 0 Å². The molecular weight excluding hydrogens is 222 g/mol. The Kier molecular flexibility index (Phi) is 3.34. The molecule has 90 valence electrons. The lowest BCUT2D eigenvalue weighted by Crippen LogP contribution is -2.09. The molecule has 0 bridgehead atoms. The molecule has 0 aliphatic heterocycles. The van der Waals surface area contributed by atoms with Crippen LogP contribution in [0, 0.1) is 0 Å². The van der Waals surface area contributed by atoms with E-state index >= 15 is 0 Å². The standard InChI is InChI=1S/C9H13N7O/c1-17-8-4-7(14-9(10)15-8)11-3-2-6-12-5-13-16-6/h4-5H,2-3H2,1H3,(H,12,13,16)(H3,10,11,14,15). The fourth-order valence-corrected chi connectivity index (χ4v) is 1.30. The summed E-state index contributed by atoms with van der Waals surface area (Å²) in [6.07, 6.45) is 2.19. The van der Waals surface area contributed by atoms with E-state index in [9.17, 15) is 0 Å². The van der Waals surface area contributed by atoms with Crippen molar-refractivity contribution >= 4 is 11.8 Å². The normalized spacial score (nSPS) is 10.2. The highest BCUT2D eigenvalue weighted by molar-refractivity contribution is 5.42. The number of H-pyrrole nitrogens is 1. The zero-order valence-corrected chi connectivity index (χ0v) is 9.34. The van der Waals surface area contributed by atoms with E-state index in [0.717, 1.165) is 5.82 Å². The van der Waals surface area contributed by atoms with Gasteiger partial charge in [-0.3, -0.25) is 5.10 Å². The van der Waals surface area contributed by atoms with Gasteiger partial charge in [-0.15, -0.1) is 0 Å². The summed E-state index contributed by atoms with van der Waals surface area (Å²) in [6, 6.07) is 1.68. The second-order valence-electron chi connectivity index (χ2n) is 3.26. The minimum Gasteiger partial charge on any atom is -0.481 e. The van der Waals surface area contributed by atoms with E-state index in [4.69, 9.17) is 10.5 Å². The smallest absolute Gasteiger partial charge is 0.225 e. The second kappa shape index (κ2) is 5.10. The number of ether oxygens (including phenoxy) is 1. The van der Waals surface area contributed by atoms with Gasteiger partial charge in [-0.05, 0) is 0 Å². The van der Waals surface area contributed by atoms with Gasteiger partial charge in [0.2, 0.25) is 11.8 Å². The highest BCUT2D eigenvalue weighted by Crippen LogP contribution is 2.13. The van der Waals surface area contributed by atoms with Crippen molar-refractivity contribution in [1.29, 1.82) is 0 Å². The molecule has 0 aliphatic carbocycles. The predicted molar refractivity (Wildman–Crippen MR) is 61.6 cm³/mol. The number of nitrogen functional groups attached to an aromatic ring is 1. The largest absolute Gasteiger partial charge is 0.481 e. The first-order valence-electron chi connectivity index (χ1n) is 5.04. The van der Waals surface area contributed by atoms with Gasteiger partial charge < -0.3 is 15.8 Å². The number of nitrogens with zero attached hydrogens (tertiary/aromatic N) is 4. The average molecular weight is 235 g/mol. The van der Waals surface area contributed by atoms with Crippen molar-refractivity contribution in [2.24, 2.45) is 0 Å². The van der Waals surface area contributed by atoms with E-state index in [1.54, 1.807) is 6.07 Å². The zero-order valence-electron chi connectivity index (χ0n) is 9.34. The summed E-state index contributed by atoms with van der Waals surface area (Å²) in [4.78, 5) is 11.9. The third kappa shape index (κ3) is 3.03. The van der Waals surface area contributed by atoms with Crippen LogP contribution in [0.15, 0.2) is 12.4 Å². The summed E-state index contributed by atoms with van der Waals surface area (Å²) in [7, 11) is 1.53. The Morgan fingerprint density at radius 2 is 2.35 bits per heavy atom. The number of nitrogens with one attached hydrogen (secondary N) is 2. The molecule has 0 saturated heterocycles. The van der Waals surface area contributed by atoms with E-state index < -0.39 is 0 Å². The number of aromatic amines is 1. The van der Waals surface area contributed by atoms with Crippen LogP contribution in [-0.4, -0.2) is 38.8 Å². The van der Waals surface area contributed by atoms with Gasteiger partial charge in [-0.2, -0.15) is 15.1 Å². The Labute approximate surface area is 97.6 Å². The van der Waals surface area contributed by atoms with E-state index in [2.05, 4.69) is 30.5 Å². The molecule has 0 amide bonds. The first-order chi connectivity index (χ1) is 8.28. The molecule has 2 rings (SSSR count). The highest BCUT2D eigenvalue weighted by atomic mass is 16.5. The molecule has 8 heteroatoms. The lowest BCUT2D eigenvalue weighted by atomic mass is 10.4. The molecule has 17 heavy (non-hydrogen) atoms. The molecule has 2 aromatic rings. The first-order valence-corrected chi connectivity index (χ1v) is 5.04. The van der Waals surface area contributed by atoms with Gasteiger partial charge in [0.1, 0.15) is 18.0 Å². The van der Waals surface area contributed by atoms with Crippen LogP contribution in [0.2, 0.25) is 0 Å². The molecule has 0 unspecified atom stereocenters. The average Bonchev–Trinajstić information content (AvgIpc) is 2.81. The van der Waals surface area contributed by atoms with Crippen molar-refractivity contribution in [2.45, 2.75) is 6.42 Å². The van der Waals surface area contributed by atoms with Gasteiger partial charge >= 0.3 is 0 Å². The van der Waals surface area contributed by atoms with Crippen molar-refractivity contribution in [2.75, 3.05) is 24.7 Å². The molecule has 0 radical (unpaired) electrons. The second-order valence-corrected chi connectivity index (χ2v) is 3.26. The maximum Gasteiger partial charge on any atom is 0.225 e. The van der Waals surface area contributed by atoms with Crippen LogP contribution in [0.4, 0.5) is 11.8 Å². The van der Waals surface area contributed by atoms with Gasteiger partial charge in [-0.25, -0.2) is 4.98 Å². The number of anilines is 2. The van der Waals surface area contributed by atoms with Gasteiger partial charge in [0.25, 0.3) is 0 Å². The maximum absolute atomic E-state index is 5.53. The first kappa shape index (κ1) is 11.1. The minimum absolute atomic E-state index is 0.173. The van der Waals surface area contributed by atoms with Gasteiger partial charge in [0, 0.05) is 19.0 Å². The van der Waals surface area contributed by atoms with E-state index in [1.165, 1.54) is 13.4 Å². The van der Waals surface area contributed by atoms with Gasteiger partial charge in [0.05, 0.1) is 7.11 Å². The summed E-state index contributed by atoms with van der Waals surface area (Å²) in [5.74, 6) is 2.03. The number of nitrogens with two attached hydrogens (primary N) is 1. The fourth-order valence-electron chi connectivity index (χ4n) is 1.30. The Balaban J connectivity index is 1.92. The van der Waals surface area contributed by atoms with Crippen molar-refractivity contribution in [3.8, 4) is 5.88 Å². The van der Waals surface area contributed by atoms with E-state index in [0.29, 0.717) is 24.7 Å². The Bertz CT molecular complexity index is 470. The van der Waals surface area contributed by atoms with Crippen LogP contribution in [-0.2, 0) is 6.42 Å². The molecular formula is C9H13N7O. The summed E-state index contributed by atoms with van der Waals surface area (Å²) in [6.45, 7) is 0.662. The molecule has 0 atom stereocenters. The fraction of sp³-hybridized carbons (Fsp3) is 0.333. The van der Waals surface area contributed by atoms with Crippen molar-refractivity contribution in [3.05, 3.63) is 18.2 Å². The van der Waals surface area contributed by atoms with Crippen LogP contribution in [0.25, 0.3) is 0 Å². The van der Waals surface area contributed by atoms with Crippen LogP contribution in [0.3, 0.4) is 0 Å². The van der Waals surface area contributed by atoms with Crippen LogP contribution < -0.4 is 15.8 Å². The third-order valence-electron chi connectivity index (χ3n) is 2.06. The molecule has 4 N–H and O–H groups in total. The Morgan fingerprint density at radius 1 is 1.47 bits per heavy atom. The summed E-state index contributed by atoms with van der Waals surface area (Å²) in [5.41, 5.74) is 5.53. The topological polar surface area (TPSA) is 115 Å². The Hall–Kier alpha value is -2.38. The number of aromatic nitrogens is 5. The van der Waals surface area contributed by atoms with Crippen molar-refractivity contribution < 1.29 is 4.74 Å². The number of hydrogen-bond donors (Lipinski definition) is 3. The zero-order chi connectivity index (χ0) is 12.1. The van der Waals surface area contributed by atoms with Crippen LogP contribution in [0.1, 0.15) is 5.82 Å². The highest BCUT2D eigenvalue weighted by Gasteiger charge is 2.02. The van der Waals surface area contributed by atoms with E-state index in [-0.39, 0.29) is 5.95 Å². The number of hydrogen-bond acceptors (Lipinski definition) is 7. The maximum atomic E-state index is 5.53. The molecule has 2 aromatic heterocycles. The minimum atomic E-state index is 0.173. The number of rotatable bonds is 5.